The molecular formula is C11H17N3O4S. The Bertz CT molecular complexity index is 620. The summed E-state index contributed by atoms with van der Waals surface area (Å²) in [7, 11) is -3.78. The van der Waals surface area contributed by atoms with Crippen molar-refractivity contribution in [3.8, 4) is 0 Å². The van der Waals surface area contributed by atoms with Gasteiger partial charge in [0.25, 0.3) is 0 Å². The topological polar surface area (TPSA) is 92.5 Å². The lowest BCUT2D eigenvalue weighted by molar-refractivity contribution is -0.144. The number of rotatable bonds is 4. The van der Waals surface area contributed by atoms with Crippen LogP contribution in [0.15, 0.2) is 4.90 Å². The van der Waals surface area contributed by atoms with Gasteiger partial charge in [-0.15, -0.1) is 0 Å². The molecule has 1 atom stereocenters. The SMILES string of the molecule is CCn1nc(C)c(S(=O)(=O)N2CC[C@H]2C(=O)O)c1C. The molecule has 19 heavy (non-hydrogen) atoms. The Labute approximate surface area is 111 Å². The first-order chi connectivity index (χ1) is 8.80. The van der Waals surface area contributed by atoms with E-state index in [0.29, 0.717) is 24.4 Å². The summed E-state index contributed by atoms with van der Waals surface area (Å²) in [4.78, 5) is 11.1. The Hall–Kier alpha value is -1.41. The molecule has 0 spiro atoms. The summed E-state index contributed by atoms with van der Waals surface area (Å²) in [6, 6.07) is -0.950. The first-order valence-corrected chi connectivity index (χ1v) is 7.53. The lowest BCUT2D eigenvalue weighted by atomic mass is 10.1. The van der Waals surface area contributed by atoms with Gasteiger partial charge in [-0.3, -0.25) is 9.48 Å². The highest BCUT2D eigenvalue weighted by Gasteiger charge is 2.44. The summed E-state index contributed by atoms with van der Waals surface area (Å²) in [6.07, 6.45) is 0.356. The van der Waals surface area contributed by atoms with E-state index in [1.54, 1.807) is 18.5 Å². The maximum Gasteiger partial charge on any atom is 0.322 e. The van der Waals surface area contributed by atoms with Crippen LogP contribution < -0.4 is 0 Å². The van der Waals surface area contributed by atoms with E-state index in [1.165, 1.54) is 0 Å². The average Bonchev–Trinajstić information content (AvgIpc) is 2.50. The number of carbonyl (C=O) groups is 1. The molecule has 2 rings (SSSR count). The molecule has 1 aliphatic heterocycles. The number of aliphatic carboxylic acids is 1. The van der Waals surface area contributed by atoms with E-state index in [2.05, 4.69) is 5.10 Å². The Balaban J connectivity index is 2.46. The van der Waals surface area contributed by atoms with E-state index in [9.17, 15) is 13.2 Å². The van der Waals surface area contributed by atoms with Crippen molar-refractivity contribution in [1.82, 2.24) is 14.1 Å². The van der Waals surface area contributed by atoms with Crippen LogP contribution in [0.1, 0.15) is 24.7 Å². The summed E-state index contributed by atoms with van der Waals surface area (Å²) in [5.74, 6) is -1.10. The van der Waals surface area contributed by atoms with Gasteiger partial charge in [-0.1, -0.05) is 0 Å². The molecule has 8 heteroatoms. The molecule has 1 aromatic rings. The molecule has 2 heterocycles. The van der Waals surface area contributed by atoms with Crippen LogP contribution in [0.5, 0.6) is 0 Å². The van der Waals surface area contributed by atoms with Gasteiger partial charge in [-0.25, -0.2) is 8.42 Å². The summed E-state index contributed by atoms with van der Waals surface area (Å²) in [5.41, 5.74) is 0.964. The number of nitrogens with zero attached hydrogens (tertiary/aromatic N) is 3. The molecule has 1 N–H and O–H groups in total. The van der Waals surface area contributed by atoms with Crippen LogP contribution in [-0.4, -0.2) is 46.2 Å². The van der Waals surface area contributed by atoms with E-state index >= 15 is 0 Å². The Morgan fingerprint density at radius 1 is 1.47 bits per heavy atom. The lowest BCUT2D eigenvalue weighted by Crippen LogP contribution is -2.55. The largest absolute Gasteiger partial charge is 0.480 e. The fourth-order valence-corrected chi connectivity index (χ4v) is 4.38. The number of aromatic nitrogens is 2. The first-order valence-electron chi connectivity index (χ1n) is 6.09. The molecular weight excluding hydrogens is 270 g/mol. The minimum atomic E-state index is -3.78. The number of hydrogen-bond donors (Lipinski definition) is 1. The van der Waals surface area contributed by atoms with Crippen molar-refractivity contribution < 1.29 is 18.3 Å². The zero-order valence-electron chi connectivity index (χ0n) is 11.1. The summed E-state index contributed by atoms with van der Waals surface area (Å²) < 4.78 is 27.7. The zero-order chi connectivity index (χ0) is 14.4. The fraction of sp³-hybridized carbons (Fsp3) is 0.636. The minimum absolute atomic E-state index is 0.139. The predicted octanol–water partition coefficient (Wildman–Crippen LogP) is 0.367. The summed E-state index contributed by atoms with van der Waals surface area (Å²) in [6.45, 7) is 6.01. The van der Waals surface area contributed by atoms with Crippen molar-refractivity contribution in [2.45, 2.75) is 44.7 Å². The summed E-state index contributed by atoms with van der Waals surface area (Å²) >= 11 is 0. The van der Waals surface area contributed by atoms with Crippen molar-refractivity contribution >= 4 is 16.0 Å². The normalized spacial score (nSPS) is 20.3. The van der Waals surface area contributed by atoms with Crippen LogP contribution in [0.2, 0.25) is 0 Å². The van der Waals surface area contributed by atoms with Gasteiger partial charge in [0.1, 0.15) is 10.9 Å². The average molecular weight is 287 g/mol. The van der Waals surface area contributed by atoms with Gasteiger partial charge in [0, 0.05) is 13.1 Å². The number of aryl methyl sites for hydroxylation is 2. The third-order valence-corrected chi connectivity index (χ3v) is 5.60. The highest BCUT2D eigenvalue weighted by atomic mass is 32.2. The van der Waals surface area contributed by atoms with Crippen molar-refractivity contribution in [3.05, 3.63) is 11.4 Å². The van der Waals surface area contributed by atoms with E-state index in [-0.39, 0.29) is 11.4 Å². The molecule has 1 saturated heterocycles. The van der Waals surface area contributed by atoms with Crippen molar-refractivity contribution in [2.75, 3.05) is 6.54 Å². The van der Waals surface area contributed by atoms with Gasteiger partial charge < -0.3 is 5.11 Å². The van der Waals surface area contributed by atoms with Crippen molar-refractivity contribution in [3.63, 3.8) is 0 Å². The van der Waals surface area contributed by atoms with Gasteiger partial charge in [-0.05, 0) is 27.2 Å². The standard InChI is InChI=1S/C11H17N3O4S/c1-4-13-8(3)10(7(2)12-13)19(17,18)14-6-5-9(14)11(15)16/h9H,4-6H2,1-3H3,(H,15,16)/t9-/m0/s1. The predicted molar refractivity (Wildman–Crippen MR) is 67.3 cm³/mol. The highest BCUT2D eigenvalue weighted by molar-refractivity contribution is 7.89. The van der Waals surface area contributed by atoms with Crippen LogP contribution in [0, 0.1) is 13.8 Å². The highest BCUT2D eigenvalue weighted by Crippen LogP contribution is 2.30. The van der Waals surface area contributed by atoms with Gasteiger partial charge in [0.15, 0.2) is 0 Å². The van der Waals surface area contributed by atoms with Crippen molar-refractivity contribution in [2.24, 2.45) is 0 Å². The fourth-order valence-electron chi connectivity index (χ4n) is 2.38. The molecule has 0 amide bonds. The summed E-state index contributed by atoms with van der Waals surface area (Å²) in [5, 5.41) is 13.1. The molecule has 106 valence electrons. The lowest BCUT2D eigenvalue weighted by Gasteiger charge is -2.36. The maximum absolute atomic E-state index is 12.5. The monoisotopic (exact) mass is 287 g/mol. The number of sulfonamides is 1. The van der Waals surface area contributed by atoms with Crippen molar-refractivity contribution in [1.29, 1.82) is 0 Å². The maximum atomic E-state index is 12.5. The molecule has 1 fully saturated rings. The first kappa shape index (κ1) is 14.0. The Morgan fingerprint density at radius 3 is 2.47 bits per heavy atom. The van der Waals surface area contributed by atoms with Gasteiger partial charge in [0.05, 0.1) is 11.4 Å². The molecule has 0 bridgehead atoms. The molecule has 1 aliphatic rings. The zero-order valence-corrected chi connectivity index (χ0v) is 11.9. The molecule has 1 aromatic heterocycles. The van der Waals surface area contributed by atoms with Crippen LogP contribution in [0.25, 0.3) is 0 Å². The second-order valence-electron chi connectivity index (χ2n) is 4.57. The van der Waals surface area contributed by atoms with Gasteiger partial charge in [-0.2, -0.15) is 9.40 Å². The second-order valence-corrected chi connectivity index (χ2v) is 6.40. The van der Waals surface area contributed by atoms with E-state index in [4.69, 9.17) is 5.11 Å². The Morgan fingerprint density at radius 2 is 2.11 bits per heavy atom. The third-order valence-electron chi connectivity index (χ3n) is 3.44. The van der Waals surface area contributed by atoms with E-state index < -0.39 is 22.0 Å². The molecule has 0 unspecified atom stereocenters. The molecule has 0 saturated carbocycles. The molecule has 0 aromatic carbocycles. The third kappa shape index (κ3) is 2.04. The smallest absolute Gasteiger partial charge is 0.322 e. The van der Waals surface area contributed by atoms with Crippen LogP contribution in [0.4, 0.5) is 0 Å². The van der Waals surface area contributed by atoms with Gasteiger partial charge in [0.2, 0.25) is 10.0 Å². The van der Waals surface area contributed by atoms with Crippen LogP contribution >= 0.6 is 0 Å². The number of carboxylic acids is 1. The number of hydrogen-bond acceptors (Lipinski definition) is 4. The molecule has 0 aliphatic carbocycles. The Kier molecular flexibility index (Phi) is 3.40. The second kappa shape index (κ2) is 4.61. The molecule has 0 radical (unpaired) electrons. The van der Waals surface area contributed by atoms with E-state index in [0.717, 1.165) is 4.31 Å². The van der Waals surface area contributed by atoms with E-state index in [1.807, 2.05) is 6.92 Å². The minimum Gasteiger partial charge on any atom is -0.480 e. The van der Waals surface area contributed by atoms with Gasteiger partial charge >= 0.3 is 5.97 Å². The van der Waals surface area contributed by atoms with Crippen LogP contribution in [0.3, 0.4) is 0 Å². The molecule has 7 nitrogen and oxygen atoms in total. The van der Waals surface area contributed by atoms with Crippen LogP contribution in [-0.2, 0) is 21.4 Å². The quantitative estimate of drug-likeness (QED) is 0.863. The number of carboxylic acid groups (broad SMARTS) is 1.